The summed E-state index contributed by atoms with van der Waals surface area (Å²) in [6.07, 6.45) is -8.15. The van der Waals surface area contributed by atoms with Gasteiger partial charge in [-0.2, -0.15) is 26.3 Å². The Balaban J connectivity index is 2.02. The van der Waals surface area contributed by atoms with Gasteiger partial charge in [-0.3, -0.25) is 9.69 Å². The molecule has 0 spiro atoms. The minimum Gasteiger partial charge on any atom is -0.325 e. The van der Waals surface area contributed by atoms with E-state index in [0.29, 0.717) is 38.1 Å². The number of carbonyl (C=O) groups is 1. The summed E-state index contributed by atoms with van der Waals surface area (Å²) in [5.74, 6) is -0.771. The second kappa shape index (κ2) is 8.48. The second-order valence-electron chi connectivity index (χ2n) is 6.78. The van der Waals surface area contributed by atoms with Crippen molar-refractivity contribution in [3.63, 3.8) is 0 Å². The largest absolute Gasteiger partial charge is 0.416 e. The highest BCUT2D eigenvalue weighted by atomic mass is 32.2. The Morgan fingerprint density at radius 1 is 1.03 bits per heavy atom. The van der Waals surface area contributed by atoms with E-state index < -0.39 is 45.1 Å². The number of rotatable bonds is 5. The first-order valence-corrected chi connectivity index (χ1v) is 10.3. The van der Waals surface area contributed by atoms with Crippen molar-refractivity contribution >= 4 is 21.6 Å². The molecule has 29 heavy (non-hydrogen) atoms. The summed E-state index contributed by atoms with van der Waals surface area (Å²) in [5.41, 5.74) is -3.64. The molecule has 0 bridgehead atoms. The molecule has 1 aromatic rings. The Bertz CT molecular complexity index is 814. The van der Waals surface area contributed by atoms with Crippen molar-refractivity contribution in [3.8, 4) is 0 Å². The molecule has 2 N–H and O–H groups in total. The summed E-state index contributed by atoms with van der Waals surface area (Å²) in [6, 6.07) is 0.571. The number of carbonyl (C=O) groups excluding carboxylic acids is 1. The predicted octanol–water partition coefficient (Wildman–Crippen LogP) is 2.68. The highest BCUT2D eigenvalue weighted by molar-refractivity contribution is 7.88. The van der Waals surface area contributed by atoms with Crippen LogP contribution in [0.4, 0.5) is 32.0 Å². The summed E-state index contributed by atoms with van der Waals surface area (Å²) in [7, 11) is -3.37. The van der Waals surface area contributed by atoms with Gasteiger partial charge in [0.25, 0.3) is 0 Å². The number of nitrogens with one attached hydrogen (secondary N) is 2. The van der Waals surface area contributed by atoms with Gasteiger partial charge in [0.2, 0.25) is 15.9 Å². The fourth-order valence-corrected chi connectivity index (χ4v) is 3.78. The van der Waals surface area contributed by atoms with E-state index >= 15 is 0 Å². The third-order valence-electron chi connectivity index (χ3n) is 4.21. The van der Waals surface area contributed by atoms with Crippen LogP contribution in [0.5, 0.6) is 0 Å². The normalized spacial score (nSPS) is 17.3. The van der Waals surface area contributed by atoms with E-state index in [4.69, 9.17) is 0 Å². The van der Waals surface area contributed by atoms with E-state index in [1.165, 1.54) is 0 Å². The Morgan fingerprint density at radius 3 is 1.93 bits per heavy atom. The topological polar surface area (TPSA) is 78.5 Å². The number of hydrogen-bond donors (Lipinski definition) is 2. The van der Waals surface area contributed by atoms with Crippen LogP contribution in [-0.4, -0.2) is 51.2 Å². The van der Waals surface area contributed by atoms with E-state index in [1.807, 2.05) is 0 Å². The molecular weight excluding hydrogens is 428 g/mol. The molecule has 13 heteroatoms. The molecule has 0 aromatic heterocycles. The maximum Gasteiger partial charge on any atom is 0.416 e. The van der Waals surface area contributed by atoms with E-state index in [9.17, 15) is 39.6 Å². The average Bonchev–Trinajstić information content (AvgIpc) is 2.53. The number of amides is 1. The summed E-state index contributed by atoms with van der Waals surface area (Å²) in [4.78, 5) is 13.7. The molecule has 1 aliphatic heterocycles. The molecule has 0 atom stereocenters. The molecule has 0 saturated carbocycles. The Hall–Kier alpha value is -1.86. The molecule has 1 aliphatic rings. The zero-order valence-electron chi connectivity index (χ0n) is 15.2. The number of piperidine rings is 1. The van der Waals surface area contributed by atoms with Gasteiger partial charge in [-0.25, -0.2) is 13.1 Å². The molecule has 1 amide bonds. The number of benzene rings is 1. The van der Waals surface area contributed by atoms with E-state index in [2.05, 4.69) is 10.0 Å². The lowest BCUT2D eigenvalue weighted by Gasteiger charge is -2.31. The number of anilines is 1. The molecule has 2 rings (SSSR count). The highest BCUT2D eigenvalue weighted by Gasteiger charge is 2.37. The SMILES string of the molecule is CS(=O)(=O)NC1CCN(CC(=O)Nc2cc(C(F)(F)F)cc(C(F)(F)F)c2)CC1. The number of nitrogens with zero attached hydrogens (tertiary/aromatic N) is 1. The first-order valence-electron chi connectivity index (χ1n) is 8.42. The maximum absolute atomic E-state index is 12.9. The van der Waals surface area contributed by atoms with Crippen molar-refractivity contribution in [2.24, 2.45) is 0 Å². The summed E-state index contributed by atoms with van der Waals surface area (Å²) in [5, 5.41) is 2.07. The van der Waals surface area contributed by atoms with E-state index in [1.54, 1.807) is 4.90 Å². The van der Waals surface area contributed by atoms with Crippen LogP contribution in [0.1, 0.15) is 24.0 Å². The van der Waals surface area contributed by atoms with Crippen molar-refractivity contribution in [1.29, 1.82) is 0 Å². The van der Waals surface area contributed by atoms with Gasteiger partial charge in [0.05, 0.1) is 23.9 Å². The molecule has 0 unspecified atom stereocenters. The maximum atomic E-state index is 12.9. The molecule has 1 aromatic carbocycles. The Kier molecular flexibility index (Phi) is 6.85. The first kappa shape index (κ1) is 23.4. The third-order valence-corrected chi connectivity index (χ3v) is 4.97. The van der Waals surface area contributed by atoms with Gasteiger partial charge in [-0.1, -0.05) is 0 Å². The van der Waals surface area contributed by atoms with Gasteiger partial charge in [0.1, 0.15) is 0 Å². The number of likely N-dealkylation sites (tertiary alicyclic amines) is 1. The van der Waals surface area contributed by atoms with Crippen molar-refractivity contribution in [1.82, 2.24) is 9.62 Å². The van der Waals surface area contributed by atoms with Crippen molar-refractivity contribution in [2.75, 3.05) is 31.2 Å². The minimum atomic E-state index is -5.00. The highest BCUT2D eigenvalue weighted by Crippen LogP contribution is 2.37. The lowest BCUT2D eigenvalue weighted by molar-refractivity contribution is -0.143. The molecule has 0 aliphatic carbocycles. The molecule has 0 radical (unpaired) electrons. The Morgan fingerprint density at radius 2 is 1.52 bits per heavy atom. The number of sulfonamides is 1. The fraction of sp³-hybridized carbons (Fsp3) is 0.562. The van der Waals surface area contributed by atoms with Crippen LogP contribution < -0.4 is 10.0 Å². The van der Waals surface area contributed by atoms with Gasteiger partial charge in [0.15, 0.2) is 0 Å². The number of halogens is 6. The van der Waals surface area contributed by atoms with Crippen LogP contribution in [0, 0.1) is 0 Å². The third kappa shape index (κ3) is 7.48. The molecular formula is C16H19F6N3O3S. The van der Waals surface area contributed by atoms with Gasteiger partial charge in [0, 0.05) is 24.8 Å². The van der Waals surface area contributed by atoms with Gasteiger partial charge >= 0.3 is 12.4 Å². The molecule has 6 nitrogen and oxygen atoms in total. The van der Waals surface area contributed by atoms with Crippen LogP contribution in [-0.2, 0) is 27.2 Å². The predicted molar refractivity (Wildman–Crippen MR) is 92.5 cm³/mol. The lowest BCUT2D eigenvalue weighted by Crippen LogP contribution is -2.46. The smallest absolute Gasteiger partial charge is 0.325 e. The minimum absolute atomic E-state index is 0.0186. The van der Waals surface area contributed by atoms with Crippen molar-refractivity contribution < 1.29 is 39.6 Å². The number of alkyl halides is 6. The molecule has 1 heterocycles. The summed E-state index contributed by atoms with van der Waals surface area (Å²) >= 11 is 0. The van der Waals surface area contributed by atoms with E-state index in [0.717, 1.165) is 6.26 Å². The van der Waals surface area contributed by atoms with Gasteiger partial charge < -0.3 is 5.32 Å². The molecule has 164 valence electrons. The summed E-state index contributed by atoms with van der Waals surface area (Å²) < 4.78 is 102. The Labute approximate surface area is 163 Å². The fourth-order valence-electron chi connectivity index (χ4n) is 2.94. The summed E-state index contributed by atoms with van der Waals surface area (Å²) in [6.45, 7) is 0.442. The zero-order valence-corrected chi connectivity index (χ0v) is 16.0. The quantitative estimate of drug-likeness (QED) is 0.681. The van der Waals surface area contributed by atoms with Crippen LogP contribution in [0.2, 0.25) is 0 Å². The first-order chi connectivity index (χ1) is 13.1. The van der Waals surface area contributed by atoms with Gasteiger partial charge in [-0.05, 0) is 31.0 Å². The molecule has 1 saturated heterocycles. The van der Waals surface area contributed by atoms with Crippen molar-refractivity contribution in [3.05, 3.63) is 29.3 Å². The van der Waals surface area contributed by atoms with Gasteiger partial charge in [-0.15, -0.1) is 0 Å². The monoisotopic (exact) mass is 447 g/mol. The van der Waals surface area contributed by atoms with Crippen LogP contribution >= 0.6 is 0 Å². The number of hydrogen-bond acceptors (Lipinski definition) is 4. The standard InChI is InChI=1S/C16H19F6N3O3S/c1-29(27,28)24-12-2-4-25(5-3-12)9-14(26)23-13-7-10(15(17,18)19)6-11(8-13)16(20,21)22/h6-8,12,24H,2-5,9H2,1H3,(H,23,26). The lowest BCUT2D eigenvalue weighted by atomic mass is 10.1. The average molecular weight is 447 g/mol. The van der Waals surface area contributed by atoms with E-state index in [-0.39, 0.29) is 18.7 Å². The van der Waals surface area contributed by atoms with Crippen molar-refractivity contribution in [2.45, 2.75) is 31.2 Å². The zero-order chi connectivity index (χ0) is 22.0. The van der Waals surface area contributed by atoms with Crippen LogP contribution in [0.25, 0.3) is 0 Å². The molecule has 1 fully saturated rings. The van der Waals surface area contributed by atoms with Crippen LogP contribution in [0.3, 0.4) is 0 Å². The van der Waals surface area contributed by atoms with Crippen LogP contribution in [0.15, 0.2) is 18.2 Å². The second-order valence-corrected chi connectivity index (χ2v) is 8.56.